The number of rotatable bonds is 3. The van der Waals surface area contributed by atoms with Crippen molar-refractivity contribution in [3.63, 3.8) is 0 Å². The maximum atomic E-state index is 5.40. The van der Waals surface area contributed by atoms with Gasteiger partial charge >= 0.3 is 0 Å². The number of fused-ring (bicyclic) bond motifs is 12. The molecule has 5 heteroatoms. The predicted octanol–water partition coefficient (Wildman–Crippen LogP) is 11.9. The SMILES string of the molecule is c1ccc(-c2nc(-n3c4ccccc4c4ccc5sc6ccc7c8ccccc8n(-c8ccccc8)c7c6c5c43)nc3ccccc23)cc1. The summed E-state index contributed by atoms with van der Waals surface area (Å²) >= 11 is 1.85. The fraction of sp³-hybridized carbons (Fsp3) is 0. The van der Waals surface area contributed by atoms with Gasteiger partial charge in [0.15, 0.2) is 0 Å². The van der Waals surface area contributed by atoms with Crippen molar-refractivity contribution in [2.75, 3.05) is 0 Å². The third-order valence-electron chi connectivity index (χ3n) is 9.92. The molecular weight excluding hydrogens is 617 g/mol. The largest absolute Gasteiger partial charge is 0.309 e. The number of hydrogen-bond acceptors (Lipinski definition) is 3. The molecular formula is C44H26N4S. The fourth-order valence-corrected chi connectivity index (χ4v) is 8.99. The maximum absolute atomic E-state index is 5.40. The Hall–Kier alpha value is -6.30. The van der Waals surface area contributed by atoms with E-state index in [0.717, 1.165) is 38.9 Å². The van der Waals surface area contributed by atoms with Crippen molar-refractivity contribution in [1.29, 1.82) is 0 Å². The Morgan fingerprint density at radius 1 is 0.408 bits per heavy atom. The molecule has 0 N–H and O–H groups in total. The molecule has 4 heterocycles. The summed E-state index contributed by atoms with van der Waals surface area (Å²) in [5, 5.41) is 8.42. The van der Waals surface area contributed by atoms with Gasteiger partial charge in [-0.3, -0.25) is 4.57 Å². The summed E-state index contributed by atoms with van der Waals surface area (Å²) in [5.74, 6) is 0.673. The molecule has 11 rings (SSSR count). The van der Waals surface area contributed by atoms with Gasteiger partial charge in [0.1, 0.15) is 0 Å². The third kappa shape index (κ3) is 3.73. The summed E-state index contributed by atoms with van der Waals surface area (Å²) in [6, 6.07) is 56.2. The number of aromatic nitrogens is 4. The van der Waals surface area contributed by atoms with Crippen LogP contribution in [0, 0.1) is 0 Å². The maximum Gasteiger partial charge on any atom is 0.235 e. The van der Waals surface area contributed by atoms with Crippen LogP contribution in [0.3, 0.4) is 0 Å². The molecule has 0 aliphatic rings. The molecule has 0 atom stereocenters. The Bertz CT molecular complexity index is 3100. The fourth-order valence-electron chi connectivity index (χ4n) is 7.88. The van der Waals surface area contributed by atoms with E-state index in [-0.39, 0.29) is 0 Å². The van der Waals surface area contributed by atoms with Crippen LogP contribution in [0.4, 0.5) is 0 Å². The van der Waals surface area contributed by atoms with Gasteiger partial charge in [0.05, 0.1) is 33.3 Å². The van der Waals surface area contributed by atoms with E-state index in [1.54, 1.807) is 0 Å². The van der Waals surface area contributed by atoms with Gasteiger partial charge in [0, 0.05) is 58.4 Å². The van der Waals surface area contributed by atoms with Gasteiger partial charge in [0.2, 0.25) is 5.95 Å². The Balaban J connectivity index is 1.37. The van der Waals surface area contributed by atoms with Crippen LogP contribution in [0.2, 0.25) is 0 Å². The summed E-state index contributed by atoms with van der Waals surface area (Å²) in [5.41, 5.74) is 8.74. The zero-order valence-electron chi connectivity index (χ0n) is 26.2. The quantitative estimate of drug-likeness (QED) is 0.192. The van der Waals surface area contributed by atoms with Crippen molar-refractivity contribution in [3.8, 4) is 22.9 Å². The molecule has 0 aliphatic carbocycles. The number of nitrogens with zero attached hydrogens (tertiary/aromatic N) is 4. The van der Waals surface area contributed by atoms with E-state index in [2.05, 4.69) is 167 Å². The van der Waals surface area contributed by atoms with E-state index in [9.17, 15) is 0 Å². The number of thiophene rings is 1. The first-order valence-electron chi connectivity index (χ1n) is 16.5. The van der Waals surface area contributed by atoms with E-state index < -0.39 is 0 Å². The van der Waals surface area contributed by atoms with Crippen LogP contribution in [-0.2, 0) is 0 Å². The third-order valence-corrected chi connectivity index (χ3v) is 11.0. The van der Waals surface area contributed by atoms with E-state index in [4.69, 9.17) is 9.97 Å². The van der Waals surface area contributed by atoms with Crippen molar-refractivity contribution in [1.82, 2.24) is 19.1 Å². The van der Waals surface area contributed by atoms with E-state index in [0.29, 0.717) is 5.95 Å². The first kappa shape index (κ1) is 26.7. The van der Waals surface area contributed by atoms with Gasteiger partial charge in [-0.2, -0.15) is 0 Å². The lowest BCUT2D eigenvalue weighted by Gasteiger charge is -2.12. The smallest absolute Gasteiger partial charge is 0.235 e. The standard InChI is InChI=1S/C44H26N4S/c1-3-13-27(14-4-1)41-33-19-7-10-20-34(33)45-44(46-41)48-36-22-12-9-18-30(36)32-24-26-38-40(43(32)48)39-37(49-38)25-23-31-29-17-8-11-21-35(29)47(42(31)39)28-15-5-2-6-16-28/h1-26H. The van der Waals surface area contributed by atoms with Crippen molar-refractivity contribution in [3.05, 3.63) is 158 Å². The van der Waals surface area contributed by atoms with Crippen molar-refractivity contribution >= 4 is 86.0 Å². The molecule has 0 saturated carbocycles. The van der Waals surface area contributed by atoms with E-state index >= 15 is 0 Å². The van der Waals surface area contributed by atoms with Gasteiger partial charge < -0.3 is 4.57 Å². The molecule has 0 aliphatic heterocycles. The van der Waals surface area contributed by atoms with Crippen molar-refractivity contribution in [2.24, 2.45) is 0 Å². The molecule has 0 spiro atoms. The molecule has 4 nitrogen and oxygen atoms in total. The highest BCUT2D eigenvalue weighted by Gasteiger charge is 2.24. The van der Waals surface area contributed by atoms with Crippen molar-refractivity contribution < 1.29 is 0 Å². The molecule has 228 valence electrons. The van der Waals surface area contributed by atoms with Gasteiger partial charge in [-0.05, 0) is 42.5 Å². The van der Waals surface area contributed by atoms with Crippen LogP contribution in [-0.4, -0.2) is 19.1 Å². The molecule has 0 saturated heterocycles. The van der Waals surface area contributed by atoms with Crippen LogP contribution in [0.25, 0.3) is 97.6 Å². The average molecular weight is 643 g/mol. The minimum Gasteiger partial charge on any atom is -0.309 e. The van der Waals surface area contributed by atoms with Gasteiger partial charge in [-0.1, -0.05) is 115 Å². The Morgan fingerprint density at radius 2 is 0.939 bits per heavy atom. The van der Waals surface area contributed by atoms with Gasteiger partial charge in [-0.25, -0.2) is 9.97 Å². The van der Waals surface area contributed by atoms with E-state index in [1.165, 1.54) is 52.8 Å². The molecule has 0 unspecified atom stereocenters. The van der Waals surface area contributed by atoms with Crippen LogP contribution in [0.15, 0.2) is 158 Å². The summed E-state index contributed by atoms with van der Waals surface area (Å²) in [6.07, 6.45) is 0. The van der Waals surface area contributed by atoms with Crippen LogP contribution >= 0.6 is 11.3 Å². The van der Waals surface area contributed by atoms with Crippen LogP contribution < -0.4 is 0 Å². The molecule has 49 heavy (non-hydrogen) atoms. The first-order valence-corrected chi connectivity index (χ1v) is 17.3. The minimum atomic E-state index is 0.673. The lowest BCUT2D eigenvalue weighted by Crippen LogP contribution is -2.03. The first-order chi connectivity index (χ1) is 24.3. The topological polar surface area (TPSA) is 35.6 Å². The molecule has 0 fully saturated rings. The normalized spacial score (nSPS) is 12.1. The molecule has 11 aromatic rings. The van der Waals surface area contributed by atoms with Gasteiger partial charge in [-0.15, -0.1) is 11.3 Å². The lowest BCUT2D eigenvalue weighted by atomic mass is 10.0. The average Bonchev–Trinajstić information content (AvgIpc) is 3.82. The highest BCUT2D eigenvalue weighted by atomic mass is 32.1. The molecule has 7 aromatic carbocycles. The predicted molar refractivity (Wildman–Crippen MR) is 207 cm³/mol. The Kier molecular flexibility index (Phi) is 5.51. The lowest BCUT2D eigenvalue weighted by molar-refractivity contribution is 1.02. The Labute approximate surface area is 284 Å². The van der Waals surface area contributed by atoms with Gasteiger partial charge in [0.25, 0.3) is 0 Å². The zero-order valence-corrected chi connectivity index (χ0v) is 27.0. The highest BCUT2D eigenvalue weighted by molar-refractivity contribution is 7.26. The second-order valence-corrected chi connectivity index (χ2v) is 13.7. The summed E-state index contributed by atoms with van der Waals surface area (Å²) in [7, 11) is 0. The monoisotopic (exact) mass is 642 g/mol. The van der Waals surface area contributed by atoms with Crippen LogP contribution in [0.1, 0.15) is 0 Å². The molecule has 0 amide bonds. The minimum absolute atomic E-state index is 0.673. The van der Waals surface area contributed by atoms with E-state index in [1.807, 2.05) is 11.3 Å². The summed E-state index contributed by atoms with van der Waals surface area (Å²) in [6.45, 7) is 0. The summed E-state index contributed by atoms with van der Waals surface area (Å²) in [4.78, 5) is 10.7. The van der Waals surface area contributed by atoms with Crippen molar-refractivity contribution in [2.45, 2.75) is 0 Å². The second kappa shape index (κ2) is 10.1. The number of hydrogen-bond donors (Lipinski definition) is 0. The zero-order chi connectivity index (χ0) is 32.1. The highest BCUT2D eigenvalue weighted by Crippen LogP contribution is 2.47. The van der Waals surface area contributed by atoms with Crippen LogP contribution in [0.5, 0.6) is 0 Å². The Morgan fingerprint density at radius 3 is 1.61 bits per heavy atom. The number of benzene rings is 7. The second-order valence-electron chi connectivity index (χ2n) is 12.6. The molecule has 0 radical (unpaired) electrons. The number of para-hydroxylation sites is 4. The molecule has 4 aromatic heterocycles. The molecule has 0 bridgehead atoms. The summed E-state index contributed by atoms with van der Waals surface area (Å²) < 4.78 is 7.27.